The maximum atomic E-state index is 12.4. The summed E-state index contributed by atoms with van der Waals surface area (Å²) in [6.45, 7) is 0. The van der Waals surface area contributed by atoms with Crippen molar-refractivity contribution in [2.45, 2.75) is 44.2 Å². The van der Waals surface area contributed by atoms with E-state index in [-0.39, 0.29) is 17.8 Å². The first kappa shape index (κ1) is 15.5. The first-order valence-corrected chi connectivity index (χ1v) is 8.87. The van der Waals surface area contributed by atoms with Crippen LogP contribution in [0.15, 0.2) is 30.3 Å². The Morgan fingerprint density at radius 1 is 1.20 bits per heavy atom. The quantitative estimate of drug-likeness (QED) is 0.900. The third-order valence-electron chi connectivity index (χ3n) is 4.18. The molecule has 0 spiro atoms. The van der Waals surface area contributed by atoms with Gasteiger partial charge in [0.2, 0.25) is 10.0 Å². The van der Waals surface area contributed by atoms with E-state index in [4.69, 9.17) is 5.73 Å². The zero-order valence-electron chi connectivity index (χ0n) is 12.0. The van der Waals surface area contributed by atoms with Gasteiger partial charge >= 0.3 is 0 Å². The van der Waals surface area contributed by atoms with Crippen molar-refractivity contribution >= 4 is 10.0 Å². The molecule has 20 heavy (non-hydrogen) atoms. The molecule has 1 saturated carbocycles. The van der Waals surface area contributed by atoms with Gasteiger partial charge < -0.3 is 5.73 Å². The predicted molar refractivity (Wildman–Crippen MR) is 81.9 cm³/mol. The Bertz CT molecular complexity index is 516. The van der Waals surface area contributed by atoms with E-state index in [1.807, 2.05) is 30.3 Å². The van der Waals surface area contributed by atoms with Gasteiger partial charge in [0.05, 0.1) is 5.75 Å². The molecule has 112 valence electrons. The molecule has 1 aliphatic carbocycles. The summed E-state index contributed by atoms with van der Waals surface area (Å²) in [6.07, 6.45) is 4.52. The molecule has 1 aromatic carbocycles. The van der Waals surface area contributed by atoms with E-state index in [0.29, 0.717) is 6.42 Å². The lowest BCUT2D eigenvalue weighted by atomic mass is 9.91. The number of benzene rings is 1. The highest BCUT2D eigenvalue weighted by Gasteiger charge is 2.31. The predicted octanol–water partition coefficient (Wildman–Crippen LogP) is 1.76. The molecule has 1 fully saturated rings. The molecule has 0 saturated heterocycles. The molecule has 0 radical (unpaired) electrons. The van der Waals surface area contributed by atoms with Crippen LogP contribution in [-0.2, 0) is 16.4 Å². The van der Waals surface area contributed by atoms with Crippen molar-refractivity contribution in [1.82, 2.24) is 4.31 Å². The Balaban J connectivity index is 1.98. The number of sulfonamides is 1. The van der Waals surface area contributed by atoms with Gasteiger partial charge in [0, 0.05) is 19.1 Å². The fourth-order valence-corrected chi connectivity index (χ4v) is 4.29. The third-order valence-corrected chi connectivity index (χ3v) is 6.05. The first-order valence-electron chi connectivity index (χ1n) is 7.26. The topological polar surface area (TPSA) is 63.4 Å². The van der Waals surface area contributed by atoms with E-state index in [1.165, 1.54) is 4.31 Å². The molecule has 0 aliphatic heterocycles. The van der Waals surface area contributed by atoms with E-state index in [9.17, 15) is 8.42 Å². The minimum absolute atomic E-state index is 0.0275. The maximum Gasteiger partial charge on any atom is 0.214 e. The zero-order valence-corrected chi connectivity index (χ0v) is 12.8. The Labute approximate surface area is 122 Å². The highest BCUT2D eigenvalue weighted by Crippen LogP contribution is 2.23. The van der Waals surface area contributed by atoms with Crippen LogP contribution < -0.4 is 5.73 Å². The average Bonchev–Trinajstić information content (AvgIpc) is 2.46. The van der Waals surface area contributed by atoms with Crippen LogP contribution in [-0.4, -0.2) is 37.6 Å². The summed E-state index contributed by atoms with van der Waals surface area (Å²) in [4.78, 5) is 0. The van der Waals surface area contributed by atoms with Crippen LogP contribution in [0.5, 0.6) is 0 Å². The Morgan fingerprint density at radius 2 is 1.85 bits per heavy atom. The number of hydrogen-bond acceptors (Lipinski definition) is 3. The number of aryl methyl sites for hydroxylation is 1. The van der Waals surface area contributed by atoms with Crippen LogP contribution in [0.1, 0.15) is 31.2 Å². The first-order chi connectivity index (χ1) is 9.50. The van der Waals surface area contributed by atoms with Crippen LogP contribution in [0.4, 0.5) is 0 Å². The second kappa shape index (κ2) is 6.70. The Kier molecular flexibility index (Phi) is 5.18. The monoisotopic (exact) mass is 296 g/mol. The van der Waals surface area contributed by atoms with Crippen LogP contribution in [0.3, 0.4) is 0 Å². The van der Waals surface area contributed by atoms with E-state index < -0.39 is 10.0 Å². The summed E-state index contributed by atoms with van der Waals surface area (Å²) < 4.78 is 26.4. The maximum absolute atomic E-state index is 12.4. The van der Waals surface area contributed by atoms with Gasteiger partial charge in [-0.25, -0.2) is 12.7 Å². The SMILES string of the molecule is CN(C1CCCCC1N)S(=O)(=O)CCc1ccccc1. The van der Waals surface area contributed by atoms with Gasteiger partial charge in [-0.3, -0.25) is 0 Å². The number of likely N-dealkylation sites (N-methyl/N-ethyl adjacent to an activating group) is 1. The zero-order chi connectivity index (χ0) is 14.6. The molecule has 0 bridgehead atoms. The second-order valence-corrected chi connectivity index (χ2v) is 7.73. The number of nitrogens with two attached hydrogens (primary N) is 1. The molecule has 0 aromatic heterocycles. The normalized spacial score (nSPS) is 23.9. The molecule has 0 amide bonds. The summed E-state index contributed by atoms with van der Waals surface area (Å²) >= 11 is 0. The minimum Gasteiger partial charge on any atom is -0.326 e. The van der Waals surface area contributed by atoms with Gasteiger partial charge in [-0.1, -0.05) is 43.2 Å². The molecule has 2 unspecified atom stereocenters. The van der Waals surface area contributed by atoms with Crippen molar-refractivity contribution in [2.24, 2.45) is 5.73 Å². The van der Waals surface area contributed by atoms with Crippen LogP contribution >= 0.6 is 0 Å². The summed E-state index contributed by atoms with van der Waals surface area (Å²) in [7, 11) is -1.56. The average molecular weight is 296 g/mol. The molecule has 1 aliphatic rings. The largest absolute Gasteiger partial charge is 0.326 e. The molecule has 1 aromatic rings. The van der Waals surface area contributed by atoms with Crippen molar-refractivity contribution in [1.29, 1.82) is 0 Å². The van der Waals surface area contributed by atoms with Crippen molar-refractivity contribution in [2.75, 3.05) is 12.8 Å². The van der Waals surface area contributed by atoms with Gasteiger partial charge in [-0.2, -0.15) is 0 Å². The standard InChI is InChI=1S/C15H24N2O2S/c1-17(15-10-6-5-9-14(15)16)20(18,19)12-11-13-7-3-2-4-8-13/h2-4,7-8,14-15H,5-6,9-12,16H2,1H3. The molecule has 2 rings (SSSR count). The fraction of sp³-hybridized carbons (Fsp3) is 0.600. The third kappa shape index (κ3) is 3.81. The Morgan fingerprint density at radius 3 is 2.50 bits per heavy atom. The summed E-state index contributed by atoms with van der Waals surface area (Å²) in [5.41, 5.74) is 7.13. The van der Waals surface area contributed by atoms with Gasteiger partial charge in [-0.15, -0.1) is 0 Å². The lowest BCUT2D eigenvalue weighted by molar-refractivity contribution is 0.252. The number of hydrogen-bond donors (Lipinski definition) is 1. The molecule has 4 nitrogen and oxygen atoms in total. The van der Waals surface area contributed by atoms with Crippen LogP contribution in [0.2, 0.25) is 0 Å². The smallest absolute Gasteiger partial charge is 0.214 e. The van der Waals surface area contributed by atoms with Crippen molar-refractivity contribution < 1.29 is 8.42 Å². The highest BCUT2D eigenvalue weighted by molar-refractivity contribution is 7.89. The molecule has 2 atom stereocenters. The summed E-state index contributed by atoms with van der Waals surface area (Å²) in [6, 6.07) is 9.66. The van der Waals surface area contributed by atoms with Crippen LogP contribution in [0, 0.1) is 0 Å². The van der Waals surface area contributed by atoms with Crippen molar-refractivity contribution in [3.8, 4) is 0 Å². The van der Waals surface area contributed by atoms with E-state index in [0.717, 1.165) is 31.2 Å². The number of rotatable bonds is 5. The summed E-state index contributed by atoms with van der Waals surface area (Å²) in [5.74, 6) is 0.150. The highest BCUT2D eigenvalue weighted by atomic mass is 32.2. The van der Waals surface area contributed by atoms with Crippen molar-refractivity contribution in [3.05, 3.63) is 35.9 Å². The lowest BCUT2D eigenvalue weighted by Gasteiger charge is -2.35. The molecule has 0 heterocycles. The fourth-order valence-electron chi connectivity index (χ4n) is 2.83. The molecular formula is C15H24N2O2S. The Hall–Kier alpha value is -0.910. The van der Waals surface area contributed by atoms with E-state index >= 15 is 0 Å². The van der Waals surface area contributed by atoms with Crippen LogP contribution in [0.25, 0.3) is 0 Å². The molecule has 2 N–H and O–H groups in total. The second-order valence-electron chi connectivity index (χ2n) is 5.58. The van der Waals surface area contributed by atoms with Gasteiger partial charge in [-0.05, 0) is 24.8 Å². The van der Waals surface area contributed by atoms with Crippen molar-refractivity contribution in [3.63, 3.8) is 0 Å². The van der Waals surface area contributed by atoms with Gasteiger partial charge in [0.25, 0.3) is 0 Å². The lowest BCUT2D eigenvalue weighted by Crippen LogP contribution is -2.50. The summed E-state index contributed by atoms with van der Waals surface area (Å²) in [5, 5.41) is 0. The molecule has 5 heteroatoms. The number of nitrogens with zero attached hydrogens (tertiary/aromatic N) is 1. The van der Waals surface area contributed by atoms with Gasteiger partial charge in [0.15, 0.2) is 0 Å². The molecular weight excluding hydrogens is 272 g/mol. The van der Waals surface area contributed by atoms with E-state index in [2.05, 4.69) is 0 Å². The minimum atomic E-state index is -3.24. The van der Waals surface area contributed by atoms with Gasteiger partial charge in [0.1, 0.15) is 0 Å². The van der Waals surface area contributed by atoms with E-state index in [1.54, 1.807) is 7.05 Å².